The second-order valence-corrected chi connectivity index (χ2v) is 4.44. The predicted octanol–water partition coefficient (Wildman–Crippen LogP) is 3.01. The average Bonchev–Trinajstić information content (AvgIpc) is 2.77. The molecule has 0 saturated carbocycles. The molecule has 3 aromatic rings. The van der Waals surface area contributed by atoms with E-state index < -0.39 is 5.76 Å². The number of fused-ring (bicyclic) bond motifs is 1. The molecular formula is C14H8ClNO3. The van der Waals surface area contributed by atoms with Crippen molar-refractivity contribution in [1.29, 1.82) is 0 Å². The highest BCUT2D eigenvalue weighted by Crippen LogP contribution is 2.21. The normalized spacial score (nSPS) is 10.8. The van der Waals surface area contributed by atoms with Gasteiger partial charge in [0.25, 0.3) is 0 Å². The standard InChI is InChI=1S/C14H8ClNO3/c15-10-4-2-1-3-9(10)13(17)8-5-6-12-11(7-8)16-14(18)19-12/h1-7H,(H,16,18). The molecule has 1 N–H and O–H groups in total. The lowest BCUT2D eigenvalue weighted by Gasteiger charge is -2.03. The van der Waals surface area contributed by atoms with E-state index in [1.165, 1.54) is 0 Å². The smallest absolute Gasteiger partial charge is 0.408 e. The van der Waals surface area contributed by atoms with Crippen LogP contribution in [0.1, 0.15) is 15.9 Å². The number of carbonyl (C=O) groups is 1. The fourth-order valence-corrected chi connectivity index (χ4v) is 2.12. The lowest BCUT2D eigenvalue weighted by atomic mass is 10.0. The Labute approximate surface area is 112 Å². The van der Waals surface area contributed by atoms with Crippen LogP contribution in [0.4, 0.5) is 0 Å². The molecule has 0 amide bonds. The van der Waals surface area contributed by atoms with Gasteiger partial charge >= 0.3 is 5.76 Å². The number of hydrogen-bond acceptors (Lipinski definition) is 3. The molecule has 0 aliphatic carbocycles. The molecular weight excluding hydrogens is 266 g/mol. The SMILES string of the molecule is O=C(c1ccc2oc(=O)[nH]c2c1)c1ccccc1Cl. The van der Waals surface area contributed by atoms with E-state index in [-0.39, 0.29) is 5.78 Å². The Balaban J connectivity index is 2.11. The largest absolute Gasteiger partial charge is 0.417 e. The molecule has 0 spiro atoms. The van der Waals surface area contributed by atoms with Gasteiger partial charge in [-0.05, 0) is 30.3 Å². The summed E-state index contributed by atoms with van der Waals surface area (Å²) in [6.45, 7) is 0. The van der Waals surface area contributed by atoms with Gasteiger partial charge in [0.15, 0.2) is 11.4 Å². The number of hydrogen-bond donors (Lipinski definition) is 1. The Kier molecular flexibility index (Phi) is 2.72. The zero-order valence-corrected chi connectivity index (χ0v) is 10.4. The molecule has 19 heavy (non-hydrogen) atoms. The predicted molar refractivity (Wildman–Crippen MR) is 71.7 cm³/mol. The van der Waals surface area contributed by atoms with E-state index in [4.69, 9.17) is 16.0 Å². The second kappa shape index (κ2) is 4.40. The van der Waals surface area contributed by atoms with E-state index in [2.05, 4.69) is 4.98 Å². The van der Waals surface area contributed by atoms with Crippen LogP contribution < -0.4 is 5.76 Å². The lowest BCUT2D eigenvalue weighted by Crippen LogP contribution is -2.01. The number of benzene rings is 2. The topological polar surface area (TPSA) is 63.1 Å². The number of aromatic amines is 1. The summed E-state index contributed by atoms with van der Waals surface area (Å²) in [5, 5.41) is 0.397. The van der Waals surface area contributed by atoms with Gasteiger partial charge in [0.1, 0.15) is 0 Å². The minimum absolute atomic E-state index is 0.199. The molecule has 0 radical (unpaired) electrons. The minimum atomic E-state index is -0.544. The highest BCUT2D eigenvalue weighted by Gasteiger charge is 2.13. The summed E-state index contributed by atoms with van der Waals surface area (Å²) in [6, 6.07) is 11.6. The maximum absolute atomic E-state index is 12.3. The number of oxazole rings is 1. The van der Waals surface area contributed by atoms with Gasteiger partial charge in [-0.2, -0.15) is 0 Å². The third kappa shape index (κ3) is 2.06. The summed E-state index contributed by atoms with van der Waals surface area (Å²) >= 11 is 5.99. The Morgan fingerprint density at radius 3 is 2.74 bits per heavy atom. The molecule has 0 bridgehead atoms. The van der Waals surface area contributed by atoms with E-state index in [9.17, 15) is 9.59 Å². The quantitative estimate of drug-likeness (QED) is 0.730. The molecule has 0 unspecified atom stereocenters. The summed E-state index contributed by atoms with van der Waals surface area (Å²) in [5.74, 6) is -0.744. The van der Waals surface area contributed by atoms with Gasteiger partial charge in [0, 0.05) is 11.1 Å². The fraction of sp³-hybridized carbons (Fsp3) is 0. The maximum atomic E-state index is 12.3. The lowest BCUT2D eigenvalue weighted by molar-refractivity contribution is 0.103. The van der Waals surface area contributed by atoms with Gasteiger partial charge in [-0.25, -0.2) is 4.79 Å². The van der Waals surface area contributed by atoms with Crippen LogP contribution in [0.5, 0.6) is 0 Å². The molecule has 94 valence electrons. The first kappa shape index (κ1) is 11.7. The number of ketones is 1. The number of carbonyl (C=O) groups excluding carboxylic acids is 1. The van der Waals surface area contributed by atoms with E-state index in [0.717, 1.165) is 0 Å². The molecule has 0 fully saturated rings. The van der Waals surface area contributed by atoms with Crippen LogP contribution in [0.25, 0.3) is 11.1 Å². The van der Waals surface area contributed by atoms with Crippen molar-refractivity contribution < 1.29 is 9.21 Å². The maximum Gasteiger partial charge on any atom is 0.417 e. The molecule has 5 heteroatoms. The minimum Gasteiger partial charge on any atom is -0.408 e. The molecule has 0 saturated heterocycles. The third-order valence-corrected chi connectivity index (χ3v) is 3.13. The number of aromatic nitrogens is 1. The van der Waals surface area contributed by atoms with Crippen molar-refractivity contribution in [3.63, 3.8) is 0 Å². The van der Waals surface area contributed by atoms with Gasteiger partial charge in [-0.15, -0.1) is 0 Å². The second-order valence-electron chi connectivity index (χ2n) is 4.03. The zero-order valence-electron chi connectivity index (χ0n) is 9.64. The Morgan fingerprint density at radius 1 is 1.16 bits per heavy atom. The zero-order chi connectivity index (χ0) is 13.4. The number of rotatable bonds is 2. The summed E-state index contributed by atoms with van der Waals surface area (Å²) in [5.41, 5.74) is 1.77. The molecule has 2 aromatic carbocycles. The molecule has 1 aromatic heterocycles. The highest BCUT2D eigenvalue weighted by atomic mass is 35.5. The first-order chi connectivity index (χ1) is 9.15. The van der Waals surface area contributed by atoms with Crippen LogP contribution in [0.2, 0.25) is 5.02 Å². The van der Waals surface area contributed by atoms with Gasteiger partial charge in [0.05, 0.1) is 10.5 Å². The van der Waals surface area contributed by atoms with E-state index >= 15 is 0 Å². The van der Waals surface area contributed by atoms with Crippen molar-refractivity contribution in [1.82, 2.24) is 4.98 Å². The van der Waals surface area contributed by atoms with Crippen LogP contribution in [0.3, 0.4) is 0 Å². The van der Waals surface area contributed by atoms with Crippen molar-refractivity contribution >= 4 is 28.5 Å². The molecule has 0 aliphatic rings. The first-order valence-corrected chi connectivity index (χ1v) is 5.95. The molecule has 0 aliphatic heterocycles. The van der Waals surface area contributed by atoms with Gasteiger partial charge < -0.3 is 4.42 Å². The van der Waals surface area contributed by atoms with E-state index in [0.29, 0.717) is 27.2 Å². The van der Waals surface area contributed by atoms with Crippen molar-refractivity contribution in [3.8, 4) is 0 Å². The van der Waals surface area contributed by atoms with Crippen LogP contribution in [-0.2, 0) is 0 Å². The Hall–Kier alpha value is -2.33. The van der Waals surface area contributed by atoms with E-state index in [1.54, 1.807) is 42.5 Å². The van der Waals surface area contributed by atoms with Crippen molar-refractivity contribution in [2.24, 2.45) is 0 Å². The number of nitrogens with one attached hydrogen (secondary N) is 1. The van der Waals surface area contributed by atoms with E-state index in [1.807, 2.05) is 0 Å². The van der Waals surface area contributed by atoms with Gasteiger partial charge in [0.2, 0.25) is 0 Å². The summed E-state index contributed by atoms with van der Waals surface area (Å²) in [7, 11) is 0. The monoisotopic (exact) mass is 273 g/mol. The molecule has 3 rings (SSSR count). The van der Waals surface area contributed by atoms with Crippen LogP contribution >= 0.6 is 11.6 Å². The summed E-state index contributed by atoms with van der Waals surface area (Å²) in [6.07, 6.45) is 0. The van der Waals surface area contributed by atoms with Crippen LogP contribution in [-0.4, -0.2) is 10.8 Å². The third-order valence-electron chi connectivity index (χ3n) is 2.80. The van der Waals surface area contributed by atoms with Crippen molar-refractivity contribution in [2.45, 2.75) is 0 Å². The Bertz CT molecular complexity index is 832. The number of halogens is 1. The van der Waals surface area contributed by atoms with Gasteiger partial charge in [-0.1, -0.05) is 23.7 Å². The van der Waals surface area contributed by atoms with Crippen molar-refractivity contribution in [3.05, 3.63) is 69.2 Å². The van der Waals surface area contributed by atoms with Crippen molar-refractivity contribution in [2.75, 3.05) is 0 Å². The molecule has 4 nitrogen and oxygen atoms in total. The van der Waals surface area contributed by atoms with Crippen LogP contribution in [0, 0.1) is 0 Å². The fourth-order valence-electron chi connectivity index (χ4n) is 1.89. The molecule has 1 heterocycles. The summed E-state index contributed by atoms with van der Waals surface area (Å²) in [4.78, 5) is 25.9. The summed E-state index contributed by atoms with van der Waals surface area (Å²) < 4.78 is 4.88. The number of H-pyrrole nitrogens is 1. The average molecular weight is 274 g/mol. The van der Waals surface area contributed by atoms with Gasteiger partial charge in [-0.3, -0.25) is 9.78 Å². The highest BCUT2D eigenvalue weighted by molar-refractivity contribution is 6.35. The Morgan fingerprint density at radius 2 is 1.95 bits per heavy atom. The molecule has 0 atom stereocenters. The first-order valence-electron chi connectivity index (χ1n) is 5.57. The van der Waals surface area contributed by atoms with Crippen LogP contribution in [0.15, 0.2) is 51.7 Å².